The normalized spacial score (nSPS) is 32.7. The van der Waals surface area contributed by atoms with E-state index in [4.69, 9.17) is 27.9 Å². The van der Waals surface area contributed by atoms with E-state index in [2.05, 4.69) is 47.8 Å². The fraction of sp³-hybridized carbons (Fsp3) is 0.407. The first-order chi connectivity index (χ1) is 19.4. The average Bonchev–Trinajstić information content (AvgIpc) is 3.59. The van der Waals surface area contributed by atoms with Crippen molar-refractivity contribution < 1.29 is 29.0 Å². The van der Waals surface area contributed by atoms with Gasteiger partial charge in [-0.1, -0.05) is 33.6 Å². The molecule has 41 heavy (non-hydrogen) atoms. The van der Waals surface area contributed by atoms with Crippen LogP contribution in [-0.2, 0) is 25.7 Å². The molecule has 2 aromatic rings. The summed E-state index contributed by atoms with van der Waals surface area (Å²) in [4.78, 5) is 54.5. The lowest BCUT2D eigenvalue weighted by molar-refractivity contribution is -0.141. The number of aromatic hydroxyl groups is 1. The van der Waals surface area contributed by atoms with Crippen molar-refractivity contribution in [1.82, 2.24) is 9.80 Å². The molecule has 4 amide bonds. The maximum Gasteiger partial charge on any atom is 0.254 e. The van der Waals surface area contributed by atoms with Crippen molar-refractivity contribution >= 4 is 106 Å². The molecule has 6 unspecified atom stereocenters. The number of carbonyl (C=O) groups excluding carboxylic acids is 4. The highest BCUT2D eigenvalue weighted by atomic mass is 79.9. The number of nitrogens with zero attached hydrogens (tertiary/aromatic N) is 2. The van der Waals surface area contributed by atoms with Gasteiger partial charge in [-0.3, -0.25) is 29.0 Å². The highest BCUT2D eigenvalue weighted by Crippen LogP contribution is 2.66. The summed E-state index contributed by atoms with van der Waals surface area (Å²) in [7, 11) is 1.39. The summed E-state index contributed by atoms with van der Waals surface area (Å²) in [5.74, 6) is -5.06. The van der Waals surface area contributed by atoms with Gasteiger partial charge in [0.25, 0.3) is 11.8 Å². The summed E-state index contributed by atoms with van der Waals surface area (Å²) in [6.45, 7) is 0.168. The van der Waals surface area contributed by atoms with Gasteiger partial charge in [0.05, 0.1) is 35.4 Å². The molecule has 4 aliphatic rings. The van der Waals surface area contributed by atoms with E-state index in [1.165, 1.54) is 23.3 Å². The van der Waals surface area contributed by atoms with Gasteiger partial charge in [-0.25, -0.2) is 0 Å². The van der Waals surface area contributed by atoms with Crippen molar-refractivity contribution in [3.05, 3.63) is 54.6 Å². The van der Waals surface area contributed by atoms with E-state index in [0.717, 1.165) is 9.78 Å². The number of benzene rings is 1. The van der Waals surface area contributed by atoms with Crippen LogP contribution in [0.4, 0.5) is 0 Å². The van der Waals surface area contributed by atoms with Gasteiger partial charge < -0.3 is 9.84 Å². The number of fused-ring (bicyclic) bond motifs is 4. The molecule has 216 valence electrons. The summed E-state index contributed by atoms with van der Waals surface area (Å²) < 4.78 is 6.04. The quantitative estimate of drug-likeness (QED) is 0.175. The van der Waals surface area contributed by atoms with Crippen LogP contribution in [0.1, 0.15) is 29.2 Å². The van der Waals surface area contributed by atoms with Crippen molar-refractivity contribution in [2.75, 3.05) is 12.6 Å². The molecule has 6 atom stereocenters. The number of hydrogen-bond acceptors (Lipinski definition) is 7. The van der Waals surface area contributed by atoms with Crippen molar-refractivity contribution in [1.29, 1.82) is 0 Å². The molecular formula is C27H21Br3Cl2N2O6S. The molecule has 2 aliphatic heterocycles. The first-order valence-electron chi connectivity index (χ1n) is 12.5. The number of allylic oxidation sites excluding steroid dienone is 2. The van der Waals surface area contributed by atoms with Gasteiger partial charge in [0.15, 0.2) is 21.2 Å². The van der Waals surface area contributed by atoms with Crippen LogP contribution in [0.5, 0.6) is 11.5 Å². The number of thiophene rings is 1. The molecule has 0 spiro atoms. The number of halogens is 5. The monoisotopic (exact) mass is 808 g/mol. The first-order valence-corrected chi connectivity index (χ1v) is 16.9. The zero-order valence-electron chi connectivity index (χ0n) is 21.2. The number of phenols is 1. The molecular weight excluding hydrogens is 791 g/mol. The fourth-order valence-corrected chi connectivity index (χ4v) is 9.92. The van der Waals surface area contributed by atoms with Crippen molar-refractivity contribution in [2.45, 2.75) is 35.1 Å². The van der Waals surface area contributed by atoms with Gasteiger partial charge in [0.2, 0.25) is 11.8 Å². The minimum absolute atomic E-state index is 0.102. The van der Waals surface area contributed by atoms with Crippen LogP contribution >= 0.6 is 82.3 Å². The molecule has 0 bridgehead atoms. The lowest BCUT2D eigenvalue weighted by atomic mass is 9.56. The number of ether oxygens (including phenoxy) is 1. The maximum absolute atomic E-state index is 14.0. The van der Waals surface area contributed by atoms with Crippen LogP contribution in [0.3, 0.4) is 0 Å². The van der Waals surface area contributed by atoms with Crippen LogP contribution in [-0.4, -0.2) is 60.8 Å². The van der Waals surface area contributed by atoms with Crippen LogP contribution in [0.25, 0.3) is 0 Å². The lowest BCUT2D eigenvalue weighted by Crippen LogP contribution is -2.60. The molecule has 1 N–H and O–H groups in total. The van der Waals surface area contributed by atoms with E-state index < -0.39 is 45.2 Å². The van der Waals surface area contributed by atoms with E-state index in [1.807, 2.05) is 23.6 Å². The second-order valence-electron chi connectivity index (χ2n) is 10.5. The maximum atomic E-state index is 14.0. The molecule has 3 heterocycles. The Morgan fingerprint density at radius 3 is 2.46 bits per heavy atom. The van der Waals surface area contributed by atoms with E-state index in [0.29, 0.717) is 15.6 Å². The third-order valence-electron chi connectivity index (χ3n) is 8.71. The SMILES string of the molecule is COc1cc(C2C3=CCC4C(=O)N(Cc5cccs5)C(=O)C4C3CC3(Cl)C(=O)N(CBr)C(=O)C23Cl)c(Br)c(Br)c1O. The third kappa shape index (κ3) is 3.93. The van der Waals surface area contributed by atoms with E-state index in [-0.39, 0.29) is 52.6 Å². The minimum Gasteiger partial charge on any atom is -0.503 e. The molecule has 6 rings (SSSR count). The minimum atomic E-state index is -1.97. The Morgan fingerprint density at radius 2 is 1.83 bits per heavy atom. The first kappa shape index (κ1) is 29.6. The average molecular weight is 812 g/mol. The van der Waals surface area contributed by atoms with Crippen molar-refractivity contribution in [3.8, 4) is 11.5 Å². The van der Waals surface area contributed by atoms with Crippen LogP contribution < -0.4 is 4.74 Å². The van der Waals surface area contributed by atoms with E-state index in [1.54, 1.807) is 6.07 Å². The summed E-state index contributed by atoms with van der Waals surface area (Å²) in [6, 6.07) is 5.28. The lowest BCUT2D eigenvalue weighted by Gasteiger charge is -2.51. The summed E-state index contributed by atoms with van der Waals surface area (Å²) >= 11 is 26.2. The Morgan fingerprint density at radius 1 is 1.10 bits per heavy atom. The Bertz CT molecular complexity index is 1550. The molecule has 14 heteroatoms. The summed E-state index contributed by atoms with van der Waals surface area (Å²) in [5, 5.41) is 12.5. The fourth-order valence-electron chi connectivity index (χ4n) is 6.86. The van der Waals surface area contributed by atoms with Gasteiger partial charge in [0, 0.05) is 15.3 Å². The number of carbonyl (C=O) groups is 4. The van der Waals surface area contributed by atoms with Crippen LogP contribution in [0.2, 0.25) is 0 Å². The van der Waals surface area contributed by atoms with E-state index in [9.17, 15) is 24.3 Å². The molecule has 8 nitrogen and oxygen atoms in total. The number of likely N-dealkylation sites (tertiary alicyclic amines) is 2. The second kappa shape index (κ2) is 10.3. The van der Waals surface area contributed by atoms with Gasteiger partial charge in [-0.15, -0.1) is 34.5 Å². The zero-order chi connectivity index (χ0) is 29.6. The van der Waals surface area contributed by atoms with Gasteiger partial charge in [-0.2, -0.15) is 0 Å². The Hall–Kier alpha value is -1.44. The summed E-state index contributed by atoms with van der Waals surface area (Å²) in [6.07, 6.45) is 2.03. The van der Waals surface area contributed by atoms with E-state index >= 15 is 0 Å². The Balaban J connectivity index is 1.55. The number of imide groups is 2. The Kier molecular flexibility index (Phi) is 7.47. The number of methoxy groups -OCH3 is 1. The number of rotatable bonds is 5. The summed E-state index contributed by atoms with van der Waals surface area (Å²) in [5.41, 5.74) is 0.964. The molecule has 2 aliphatic carbocycles. The number of hydrogen-bond donors (Lipinski definition) is 1. The van der Waals surface area contributed by atoms with Crippen LogP contribution in [0, 0.1) is 17.8 Å². The molecule has 0 radical (unpaired) electrons. The number of alkyl halides is 3. The molecule has 3 fully saturated rings. The smallest absolute Gasteiger partial charge is 0.254 e. The molecule has 2 saturated heterocycles. The highest BCUT2D eigenvalue weighted by molar-refractivity contribution is 9.13. The number of amides is 4. The Labute approximate surface area is 274 Å². The highest BCUT2D eigenvalue weighted by Gasteiger charge is 2.76. The topological polar surface area (TPSA) is 104 Å². The molecule has 1 aromatic carbocycles. The predicted octanol–water partition coefficient (Wildman–Crippen LogP) is 5.90. The predicted molar refractivity (Wildman–Crippen MR) is 163 cm³/mol. The zero-order valence-corrected chi connectivity index (χ0v) is 28.3. The van der Waals surface area contributed by atoms with Crippen molar-refractivity contribution in [2.24, 2.45) is 17.8 Å². The standard InChI is InChI=1S/C27H21Br3Cl2N2O6S/c1-40-16-7-14(19(29)20(30)21(16)35)18-12-4-5-13-17(23(37)33(22(13)36)9-11-3-2-6-41-11)15(12)8-26(31)24(38)34(10-28)25(39)27(18,26)32/h2-4,6-7,13,15,17-18,35H,5,8-10H2,1H3. The van der Waals surface area contributed by atoms with Crippen molar-refractivity contribution in [3.63, 3.8) is 0 Å². The molecule has 1 aromatic heterocycles. The molecule has 1 saturated carbocycles. The number of phenolic OH excluding ortho intramolecular Hbond substituents is 1. The largest absolute Gasteiger partial charge is 0.503 e. The van der Waals surface area contributed by atoms with Gasteiger partial charge >= 0.3 is 0 Å². The third-order valence-corrected chi connectivity index (χ3v) is 13.6. The van der Waals surface area contributed by atoms with Crippen LogP contribution in [0.15, 0.2) is 44.2 Å². The second-order valence-corrected chi connectivity index (χ2v) is 14.8. The van der Waals surface area contributed by atoms with Gasteiger partial charge in [0.1, 0.15) is 0 Å². The van der Waals surface area contributed by atoms with Gasteiger partial charge in [-0.05, 0) is 73.7 Å².